The number of amidine groups is 1. The van der Waals surface area contributed by atoms with Crippen molar-refractivity contribution >= 4 is 28.6 Å². The van der Waals surface area contributed by atoms with E-state index in [-0.39, 0.29) is 11.7 Å². The number of carbonyl (C=O) groups excluding carboxylic acids is 1. The van der Waals surface area contributed by atoms with Gasteiger partial charge in [-0.1, -0.05) is 18.2 Å². The molecular weight excluding hydrogens is 480 g/mol. The Balaban J connectivity index is 1.23. The van der Waals surface area contributed by atoms with Gasteiger partial charge in [0.15, 0.2) is 11.4 Å². The molecule has 2 heterocycles. The van der Waals surface area contributed by atoms with E-state index in [4.69, 9.17) is 10.5 Å². The van der Waals surface area contributed by atoms with E-state index in [9.17, 15) is 9.90 Å². The van der Waals surface area contributed by atoms with Crippen molar-refractivity contribution in [3.63, 3.8) is 0 Å². The first-order chi connectivity index (χ1) is 17.7. The van der Waals surface area contributed by atoms with Crippen LogP contribution in [0.1, 0.15) is 77.6 Å². The van der Waals surface area contributed by atoms with Gasteiger partial charge in [-0.2, -0.15) is 0 Å². The van der Waals surface area contributed by atoms with Crippen LogP contribution < -0.4 is 10.5 Å². The van der Waals surface area contributed by atoms with E-state index in [0.29, 0.717) is 23.9 Å². The first-order valence-electron chi connectivity index (χ1n) is 13.2. The van der Waals surface area contributed by atoms with Crippen LogP contribution in [0.4, 0.5) is 5.69 Å². The number of aliphatic imine (C=N–C) groups is 1. The van der Waals surface area contributed by atoms with E-state index in [1.807, 2.05) is 57.3 Å². The van der Waals surface area contributed by atoms with E-state index < -0.39 is 5.60 Å². The molecule has 1 atom stereocenters. The summed E-state index contributed by atoms with van der Waals surface area (Å²) in [5.74, 6) is 2.39. The zero-order valence-electron chi connectivity index (χ0n) is 22.1. The molecule has 194 valence electrons. The molecule has 37 heavy (non-hydrogen) atoms. The van der Waals surface area contributed by atoms with Crippen molar-refractivity contribution in [2.75, 3.05) is 0 Å². The smallest absolute Gasteiger partial charge is 0.179 e. The molecule has 0 radical (unpaired) electrons. The number of hydrogen-bond donors (Lipinski definition) is 2. The molecule has 0 saturated heterocycles. The number of hydrogen-bond acceptors (Lipinski definition) is 5. The quantitative estimate of drug-likeness (QED) is 0.281. The van der Waals surface area contributed by atoms with Crippen LogP contribution in [0.15, 0.2) is 46.8 Å². The Bertz CT molecular complexity index is 1340. The molecule has 0 unspecified atom stereocenters. The summed E-state index contributed by atoms with van der Waals surface area (Å²) >= 11 is 1.59. The summed E-state index contributed by atoms with van der Waals surface area (Å²) in [6, 6.07) is 12.3. The number of fused-ring (bicyclic) bond motifs is 1. The number of thiophene rings is 1. The Labute approximate surface area is 223 Å². The molecule has 0 amide bonds. The fourth-order valence-corrected chi connectivity index (χ4v) is 6.61. The van der Waals surface area contributed by atoms with Crippen LogP contribution in [-0.2, 0) is 11.2 Å². The Morgan fingerprint density at radius 1 is 1.05 bits per heavy atom. The number of ether oxygens (including phenoxy) is 1. The zero-order valence-corrected chi connectivity index (χ0v) is 23.0. The fourth-order valence-electron chi connectivity index (χ4n) is 5.98. The highest BCUT2D eigenvalue weighted by Gasteiger charge is 2.44. The van der Waals surface area contributed by atoms with Gasteiger partial charge < -0.3 is 15.6 Å². The average molecular weight is 517 g/mol. The SMILES string of the molecule is Cc1c(C)c2c(c(C)c1O)CC[C@@](C)(C(=O)C1CCC(c3ccc(N=C(N)c4cccs4)cc3)CC1)O2. The lowest BCUT2D eigenvalue weighted by Gasteiger charge is -2.40. The molecular formula is C31H36N2O3S. The van der Waals surface area contributed by atoms with Gasteiger partial charge in [-0.25, -0.2) is 4.99 Å². The lowest BCUT2D eigenvalue weighted by molar-refractivity contribution is -0.140. The summed E-state index contributed by atoms with van der Waals surface area (Å²) in [7, 11) is 0. The third-order valence-electron chi connectivity index (χ3n) is 8.53. The fraction of sp³-hybridized carbons (Fsp3) is 0.419. The predicted octanol–water partition coefficient (Wildman–Crippen LogP) is 7.04. The Morgan fingerprint density at radius 3 is 2.41 bits per heavy atom. The molecule has 3 aromatic rings. The second-order valence-electron chi connectivity index (χ2n) is 10.8. The normalized spacial score (nSPS) is 23.8. The van der Waals surface area contributed by atoms with Crippen LogP contribution in [-0.4, -0.2) is 22.3 Å². The number of ketones is 1. The highest BCUT2D eigenvalue weighted by Crippen LogP contribution is 2.45. The van der Waals surface area contributed by atoms with Crippen LogP contribution in [0.25, 0.3) is 0 Å². The standard InChI is InChI=1S/C31H36N2O3S/c1-18-19(2)28-25(20(3)27(18)34)15-16-31(4,36-28)29(35)23-9-7-21(8-10-23)22-11-13-24(14-12-22)33-30(32)26-6-5-17-37-26/h5-6,11-14,17,21,23,34H,7-10,15-16H2,1-4H3,(H2,32,33)/t21?,23?,31-/m0/s1. The van der Waals surface area contributed by atoms with Crippen molar-refractivity contribution in [1.29, 1.82) is 0 Å². The minimum atomic E-state index is -0.812. The van der Waals surface area contributed by atoms with Gasteiger partial charge in [0.2, 0.25) is 0 Å². The van der Waals surface area contributed by atoms with Crippen molar-refractivity contribution in [2.24, 2.45) is 16.6 Å². The largest absolute Gasteiger partial charge is 0.507 e. The predicted molar refractivity (Wildman–Crippen MR) is 151 cm³/mol. The second-order valence-corrected chi connectivity index (χ2v) is 11.8. The third-order valence-corrected chi connectivity index (χ3v) is 9.42. The number of phenolic OH excluding ortho intramolecular Hbond substituents is 1. The van der Waals surface area contributed by atoms with Crippen LogP contribution in [0, 0.1) is 26.7 Å². The minimum absolute atomic E-state index is 0.0249. The maximum absolute atomic E-state index is 13.7. The van der Waals surface area contributed by atoms with Gasteiger partial charge in [0.25, 0.3) is 0 Å². The van der Waals surface area contributed by atoms with Crippen LogP contribution in [0.3, 0.4) is 0 Å². The van der Waals surface area contributed by atoms with Crippen LogP contribution in [0.5, 0.6) is 11.5 Å². The molecule has 5 rings (SSSR count). The number of carbonyl (C=O) groups is 1. The summed E-state index contributed by atoms with van der Waals surface area (Å²) < 4.78 is 6.48. The van der Waals surface area contributed by atoms with Gasteiger partial charge in [-0.05, 0) is 118 Å². The summed E-state index contributed by atoms with van der Waals surface area (Å²) in [6.45, 7) is 7.78. The first-order valence-corrected chi connectivity index (χ1v) is 14.1. The number of phenols is 1. The van der Waals surface area contributed by atoms with Gasteiger partial charge in [-0.15, -0.1) is 11.3 Å². The number of Topliss-reactive ketones (excluding diaryl/α,β-unsaturated/α-hetero) is 1. The zero-order chi connectivity index (χ0) is 26.3. The molecule has 3 N–H and O–H groups in total. The topological polar surface area (TPSA) is 84.9 Å². The summed E-state index contributed by atoms with van der Waals surface area (Å²) in [4.78, 5) is 19.2. The molecule has 1 aromatic heterocycles. The number of nitrogens with two attached hydrogens (primary N) is 1. The Hall–Kier alpha value is -3.12. The van der Waals surface area contributed by atoms with Crippen molar-refractivity contribution in [3.05, 3.63) is 74.5 Å². The summed E-state index contributed by atoms with van der Waals surface area (Å²) in [5.41, 5.74) is 11.2. The molecule has 1 saturated carbocycles. The van der Waals surface area contributed by atoms with Gasteiger partial charge in [0.05, 0.1) is 10.6 Å². The van der Waals surface area contributed by atoms with Gasteiger partial charge >= 0.3 is 0 Å². The summed E-state index contributed by atoms with van der Waals surface area (Å²) in [6.07, 6.45) is 5.15. The lowest BCUT2D eigenvalue weighted by Crippen LogP contribution is -2.48. The molecule has 5 nitrogen and oxygen atoms in total. The third kappa shape index (κ3) is 4.79. The van der Waals surface area contributed by atoms with Gasteiger partial charge in [-0.3, -0.25) is 4.79 Å². The number of aromatic hydroxyl groups is 1. The van der Waals surface area contributed by atoms with E-state index >= 15 is 0 Å². The Kier molecular flexibility index (Phi) is 6.88. The highest BCUT2D eigenvalue weighted by atomic mass is 32.1. The van der Waals surface area contributed by atoms with Gasteiger partial charge in [0, 0.05) is 11.5 Å². The van der Waals surface area contributed by atoms with Crippen molar-refractivity contribution in [1.82, 2.24) is 0 Å². The number of benzene rings is 2. The average Bonchev–Trinajstić information content (AvgIpc) is 3.46. The van der Waals surface area contributed by atoms with Crippen LogP contribution in [0.2, 0.25) is 0 Å². The first kappa shape index (κ1) is 25.5. The van der Waals surface area contributed by atoms with Crippen molar-refractivity contribution in [2.45, 2.75) is 77.7 Å². The lowest BCUT2D eigenvalue weighted by atomic mass is 9.72. The van der Waals surface area contributed by atoms with E-state index in [1.54, 1.807) is 11.3 Å². The highest BCUT2D eigenvalue weighted by molar-refractivity contribution is 7.12. The maximum atomic E-state index is 13.7. The molecule has 1 fully saturated rings. The molecule has 0 spiro atoms. The van der Waals surface area contributed by atoms with Gasteiger partial charge in [0.1, 0.15) is 17.3 Å². The molecule has 1 aliphatic carbocycles. The molecule has 0 bridgehead atoms. The number of nitrogens with zero attached hydrogens (tertiary/aromatic N) is 1. The molecule has 6 heteroatoms. The summed E-state index contributed by atoms with van der Waals surface area (Å²) in [5, 5.41) is 12.5. The van der Waals surface area contributed by atoms with E-state index in [1.165, 1.54) is 5.56 Å². The maximum Gasteiger partial charge on any atom is 0.179 e. The minimum Gasteiger partial charge on any atom is -0.507 e. The molecule has 1 aliphatic heterocycles. The Morgan fingerprint density at radius 2 is 1.76 bits per heavy atom. The molecule has 2 aliphatic rings. The second kappa shape index (κ2) is 9.97. The van der Waals surface area contributed by atoms with Crippen molar-refractivity contribution in [3.8, 4) is 11.5 Å². The monoisotopic (exact) mass is 516 g/mol. The van der Waals surface area contributed by atoms with E-state index in [0.717, 1.165) is 70.7 Å². The van der Waals surface area contributed by atoms with E-state index in [2.05, 4.69) is 17.1 Å². The number of rotatable bonds is 5. The molecule has 2 aromatic carbocycles. The van der Waals surface area contributed by atoms with Crippen LogP contribution >= 0.6 is 11.3 Å². The van der Waals surface area contributed by atoms with Crippen molar-refractivity contribution < 1.29 is 14.6 Å².